The fourth-order valence-electron chi connectivity index (χ4n) is 10.5. The molecule has 4 aliphatic heterocycles. The van der Waals surface area contributed by atoms with Crippen molar-refractivity contribution in [3.8, 4) is 5.75 Å². The number of anilines is 4. The molecule has 1 aliphatic carbocycles. The molecule has 332 valence electrons. The Kier molecular flexibility index (Phi) is 10.4. The maximum absolute atomic E-state index is 15.2. The van der Waals surface area contributed by atoms with Crippen LogP contribution < -0.4 is 31.1 Å². The second kappa shape index (κ2) is 15.7. The van der Waals surface area contributed by atoms with Crippen molar-refractivity contribution in [2.24, 2.45) is 25.9 Å². The van der Waals surface area contributed by atoms with Crippen molar-refractivity contribution >= 4 is 68.4 Å². The van der Waals surface area contributed by atoms with Gasteiger partial charge >= 0.3 is 5.92 Å². The summed E-state index contributed by atoms with van der Waals surface area (Å²) in [5.41, 5.74) is 4.05. The number of pyridine rings is 1. The third-order valence-corrected chi connectivity index (χ3v) is 14.6. The predicted octanol–water partition coefficient (Wildman–Crippen LogP) is 7.23. The number of ether oxygens (including phenoxy) is 1. The number of benzene rings is 2. The minimum absolute atomic E-state index is 0.00223. The Morgan fingerprint density at radius 1 is 0.952 bits per heavy atom. The first-order chi connectivity index (χ1) is 30.1. The Morgan fingerprint density at radius 3 is 2.49 bits per heavy atom. The minimum Gasteiger partial charge on any atom is -0.480 e. The lowest BCUT2D eigenvalue weighted by atomic mass is 9.78. The molecule has 5 aromatic rings. The first kappa shape index (κ1) is 41.6. The molecule has 63 heavy (non-hydrogen) atoms. The molecule has 3 aromatic heterocycles. The van der Waals surface area contributed by atoms with Crippen molar-refractivity contribution in [3.05, 3.63) is 69.2 Å². The van der Waals surface area contributed by atoms with Gasteiger partial charge in [0.15, 0.2) is 12.4 Å². The van der Waals surface area contributed by atoms with Crippen molar-refractivity contribution in [2.45, 2.75) is 94.6 Å². The summed E-state index contributed by atoms with van der Waals surface area (Å²) in [6, 6.07) is 10.8. The summed E-state index contributed by atoms with van der Waals surface area (Å²) in [6.45, 7) is 7.50. The topological polar surface area (TPSA) is 152 Å². The van der Waals surface area contributed by atoms with E-state index in [-0.39, 0.29) is 34.7 Å². The summed E-state index contributed by atoms with van der Waals surface area (Å²) < 4.78 is 39.2. The SMILES string of the molecule is Cn1nc(C2CCC(=O)NC2=O)c2ccc([C@@H]3CCN(CC4CCN(c5ncc(Cl)c(Nc6ccc7c(c6)c6c(c(=O)n7C)OCC(F)(F)[C@H](C7CC7)N6)n5)CC4)C(C)(C)C3)cc21. The third-order valence-electron chi connectivity index (χ3n) is 14.3. The fourth-order valence-corrected chi connectivity index (χ4v) is 10.6. The smallest absolute Gasteiger partial charge is 0.301 e. The number of aryl methyl sites for hydroxylation is 2. The lowest BCUT2D eigenvalue weighted by Crippen LogP contribution is -2.52. The van der Waals surface area contributed by atoms with Crippen molar-refractivity contribution in [1.29, 1.82) is 0 Å². The number of hydrogen-bond donors (Lipinski definition) is 3. The number of nitrogens with one attached hydrogen (secondary N) is 3. The second-order valence-electron chi connectivity index (χ2n) is 19.0. The van der Waals surface area contributed by atoms with E-state index in [1.807, 2.05) is 23.9 Å². The Labute approximate surface area is 368 Å². The Hall–Kier alpha value is -5.35. The molecular weight excluding hydrogens is 830 g/mol. The standard InChI is InChI=1S/C46H53ClF2N10O4/c1-45(2)21-28(27-7-9-30-35(19-27)57(4)55-37(30)31-10-12-36(60)52-42(31)61)15-18-59(45)23-25-13-16-58(17-14-25)44-50-22-33(47)41(54-44)51-29-8-11-34-32(20-29)38-39(43(62)56(34)3)63-24-46(48,49)40(53-38)26-5-6-26/h7-9,11,19-20,22,25-26,28,31,40,53H,5-6,10,12-18,21,23-24H2,1-4H3,(H,50,51,54)(H,52,60,61)/t28-,31?,40+/m1/s1. The molecule has 5 aliphatic rings. The van der Waals surface area contributed by atoms with Crippen LogP contribution in [0.4, 0.5) is 31.9 Å². The van der Waals surface area contributed by atoms with Crippen LogP contribution in [0.1, 0.15) is 88.3 Å². The highest BCUT2D eigenvalue weighted by Crippen LogP contribution is 2.46. The normalized spacial score (nSPS) is 24.1. The number of carbonyl (C=O) groups is 2. The van der Waals surface area contributed by atoms with Gasteiger partial charge in [-0.15, -0.1) is 0 Å². The van der Waals surface area contributed by atoms with E-state index in [2.05, 4.69) is 62.8 Å². The second-order valence-corrected chi connectivity index (χ2v) is 19.4. The molecule has 1 unspecified atom stereocenters. The first-order valence-electron chi connectivity index (χ1n) is 22.2. The van der Waals surface area contributed by atoms with E-state index in [0.717, 1.165) is 68.5 Å². The zero-order chi connectivity index (χ0) is 43.9. The highest BCUT2D eigenvalue weighted by molar-refractivity contribution is 6.33. The first-order valence-corrected chi connectivity index (χ1v) is 22.5. The Balaban J connectivity index is 0.785. The van der Waals surface area contributed by atoms with Gasteiger partial charge in [0, 0.05) is 62.1 Å². The zero-order valence-corrected chi connectivity index (χ0v) is 36.8. The molecule has 14 nitrogen and oxygen atoms in total. The number of carbonyl (C=O) groups excluding carboxylic acids is 2. The molecular formula is C46H53ClF2N10O4. The van der Waals surface area contributed by atoms with Gasteiger partial charge in [-0.05, 0) is 113 Å². The van der Waals surface area contributed by atoms with Crippen LogP contribution in [-0.4, -0.2) is 91.3 Å². The maximum Gasteiger partial charge on any atom is 0.301 e. The van der Waals surface area contributed by atoms with Gasteiger partial charge in [-0.25, -0.2) is 13.8 Å². The average Bonchev–Trinajstić information content (AvgIpc) is 4.06. The number of imide groups is 1. The molecule has 0 radical (unpaired) electrons. The third kappa shape index (κ3) is 7.76. The molecule has 2 amide bonds. The van der Waals surface area contributed by atoms with Crippen LogP contribution >= 0.6 is 11.6 Å². The zero-order valence-electron chi connectivity index (χ0n) is 36.0. The molecule has 3 atom stereocenters. The predicted molar refractivity (Wildman–Crippen MR) is 238 cm³/mol. The average molecular weight is 883 g/mol. The van der Waals surface area contributed by atoms with Gasteiger partial charge in [0.1, 0.15) is 5.02 Å². The fraction of sp³-hybridized carbons (Fsp3) is 0.522. The van der Waals surface area contributed by atoms with E-state index in [9.17, 15) is 14.4 Å². The molecule has 0 spiro atoms. The van der Waals surface area contributed by atoms with Crippen LogP contribution in [0.5, 0.6) is 5.75 Å². The maximum atomic E-state index is 15.2. The number of rotatable bonds is 8. The summed E-state index contributed by atoms with van der Waals surface area (Å²) in [4.78, 5) is 52.0. The van der Waals surface area contributed by atoms with Crippen LogP contribution in [0.25, 0.3) is 21.8 Å². The van der Waals surface area contributed by atoms with Gasteiger partial charge in [-0.2, -0.15) is 10.1 Å². The number of amides is 2. The van der Waals surface area contributed by atoms with E-state index in [1.54, 1.807) is 19.3 Å². The summed E-state index contributed by atoms with van der Waals surface area (Å²) >= 11 is 6.66. The van der Waals surface area contributed by atoms with E-state index in [4.69, 9.17) is 26.4 Å². The number of hydrogen-bond acceptors (Lipinski definition) is 11. The highest BCUT2D eigenvalue weighted by Gasteiger charge is 2.51. The number of fused-ring (bicyclic) bond motifs is 4. The summed E-state index contributed by atoms with van der Waals surface area (Å²) in [7, 11) is 3.53. The Morgan fingerprint density at radius 2 is 1.75 bits per heavy atom. The molecule has 4 fully saturated rings. The number of piperidine rings is 3. The minimum atomic E-state index is -3.13. The van der Waals surface area contributed by atoms with Crippen LogP contribution in [0.15, 0.2) is 47.4 Å². The summed E-state index contributed by atoms with van der Waals surface area (Å²) in [5, 5.41) is 15.5. The van der Waals surface area contributed by atoms with Crippen LogP contribution in [0.2, 0.25) is 5.02 Å². The van der Waals surface area contributed by atoms with E-state index in [1.165, 1.54) is 10.1 Å². The van der Waals surface area contributed by atoms with Crippen molar-refractivity contribution < 1.29 is 23.1 Å². The monoisotopic (exact) mass is 882 g/mol. The van der Waals surface area contributed by atoms with Crippen molar-refractivity contribution in [1.82, 2.24) is 34.5 Å². The number of likely N-dealkylation sites (tertiary alicyclic amines) is 1. The van der Waals surface area contributed by atoms with Crippen LogP contribution in [-0.2, 0) is 23.7 Å². The Bertz CT molecular complexity index is 2710. The summed E-state index contributed by atoms with van der Waals surface area (Å²) in [5.74, 6) is -2.40. The molecule has 1 saturated carbocycles. The number of halogens is 3. The van der Waals surface area contributed by atoms with Gasteiger partial charge in [-0.3, -0.25) is 29.3 Å². The molecule has 7 heterocycles. The number of aromatic nitrogens is 5. The largest absolute Gasteiger partial charge is 0.480 e. The van der Waals surface area contributed by atoms with Gasteiger partial charge in [0.2, 0.25) is 23.5 Å². The molecule has 3 N–H and O–H groups in total. The lowest BCUT2D eigenvalue weighted by molar-refractivity contribution is -0.134. The molecule has 10 rings (SSSR count). The molecule has 3 saturated heterocycles. The molecule has 0 bridgehead atoms. The van der Waals surface area contributed by atoms with Crippen molar-refractivity contribution in [3.63, 3.8) is 0 Å². The van der Waals surface area contributed by atoms with Gasteiger partial charge in [0.25, 0.3) is 5.56 Å². The molecule has 2 aromatic carbocycles. The van der Waals surface area contributed by atoms with E-state index < -0.39 is 30.0 Å². The van der Waals surface area contributed by atoms with Crippen LogP contribution in [0.3, 0.4) is 0 Å². The highest BCUT2D eigenvalue weighted by atomic mass is 35.5. The van der Waals surface area contributed by atoms with Gasteiger partial charge < -0.3 is 24.8 Å². The summed E-state index contributed by atoms with van der Waals surface area (Å²) in [6.07, 6.45) is 7.89. The van der Waals surface area contributed by atoms with Gasteiger partial charge in [-0.1, -0.05) is 23.7 Å². The van der Waals surface area contributed by atoms with E-state index in [0.29, 0.717) is 70.9 Å². The van der Waals surface area contributed by atoms with Crippen LogP contribution in [0, 0.1) is 11.8 Å². The van der Waals surface area contributed by atoms with Crippen molar-refractivity contribution in [2.75, 3.05) is 48.3 Å². The number of nitrogens with zero attached hydrogens (tertiary/aromatic N) is 7. The molecule has 17 heteroatoms. The van der Waals surface area contributed by atoms with E-state index >= 15 is 8.78 Å². The lowest BCUT2D eigenvalue weighted by Gasteiger charge is -2.48. The van der Waals surface area contributed by atoms with Gasteiger partial charge in [0.05, 0.1) is 40.6 Å². The quantitative estimate of drug-likeness (QED) is 0.136. The number of alkyl halides is 2.